The minimum atomic E-state index is -0.813. The lowest BCUT2D eigenvalue weighted by Gasteiger charge is -2.34. The van der Waals surface area contributed by atoms with E-state index in [0.29, 0.717) is 26.2 Å². The molecular formula is C14H26N4O3. The van der Waals surface area contributed by atoms with Crippen molar-refractivity contribution in [3.63, 3.8) is 0 Å². The van der Waals surface area contributed by atoms with Gasteiger partial charge >= 0.3 is 12.0 Å². The summed E-state index contributed by atoms with van der Waals surface area (Å²) in [5.41, 5.74) is 0. The number of likely N-dealkylation sites (tertiary alicyclic amines) is 1. The van der Waals surface area contributed by atoms with Crippen molar-refractivity contribution in [3.05, 3.63) is 0 Å². The van der Waals surface area contributed by atoms with Gasteiger partial charge in [0.2, 0.25) is 0 Å². The van der Waals surface area contributed by atoms with E-state index in [1.54, 1.807) is 4.90 Å². The van der Waals surface area contributed by atoms with Crippen molar-refractivity contribution in [1.82, 2.24) is 20.0 Å². The highest BCUT2D eigenvalue weighted by Crippen LogP contribution is 2.08. The quantitative estimate of drug-likeness (QED) is 0.740. The van der Waals surface area contributed by atoms with Gasteiger partial charge in [-0.3, -0.25) is 9.69 Å². The topological polar surface area (TPSA) is 76.1 Å². The zero-order valence-electron chi connectivity index (χ0n) is 12.8. The summed E-state index contributed by atoms with van der Waals surface area (Å²) in [5.74, 6) is -0.813. The molecule has 0 aromatic heterocycles. The third-order valence-electron chi connectivity index (χ3n) is 4.12. The Hall–Kier alpha value is -1.34. The summed E-state index contributed by atoms with van der Waals surface area (Å²) in [7, 11) is 0. The predicted octanol–water partition coefficient (Wildman–Crippen LogP) is -0.117. The van der Waals surface area contributed by atoms with Crippen LogP contribution in [0.4, 0.5) is 4.79 Å². The molecule has 7 heteroatoms. The van der Waals surface area contributed by atoms with Crippen LogP contribution in [-0.2, 0) is 4.79 Å². The Labute approximate surface area is 125 Å². The molecule has 2 aliphatic heterocycles. The molecule has 2 saturated heterocycles. The number of urea groups is 1. The highest BCUT2D eigenvalue weighted by Gasteiger charge is 2.23. The molecule has 0 spiro atoms. The van der Waals surface area contributed by atoms with Crippen molar-refractivity contribution in [1.29, 1.82) is 0 Å². The molecule has 2 fully saturated rings. The van der Waals surface area contributed by atoms with Crippen LogP contribution in [-0.4, -0.2) is 90.2 Å². The number of carbonyl (C=O) groups excluding carboxylic acids is 1. The Kier molecular flexibility index (Phi) is 5.81. The lowest BCUT2D eigenvalue weighted by atomic mass is 10.3. The van der Waals surface area contributed by atoms with E-state index in [9.17, 15) is 9.59 Å². The summed E-state index contributed by atoms with van der Waals surface area (Å²) in [4.78, 5) is 28.8. The monoisotopic (exact) mass is 298 g/mol. The largest absolute Gasteiger partial charge is 0.480 e. The maximum absolute atomic E-state index is 12.2. The third-order valence-corrected chi connectivity index (χ3v) is 4.12. The van der Waals surface area contributed by atoms with E-state index >= 15 is 0 Å². The Bertz CT molecular complexity index is 363. The van der Waals surface area contributed by atoms with Gasteiger partial charge in [0.1, 0.15) is 0 Å². The van der Waals surface area contributed by atoms with Crippen LogP contribution in [0, 0.1) is 0 Å². The Balaban J connectivity index is 1.67. The normalized spacial score (nSPS) is 22.2. The summed E-state index contributed by atoms with van der Waals surface area (Å²) >= 11 is 0. The minimum absolute atomic E-state index is 0.0309. The van der Waals surface area contributed by atoms with Crippen molar-refractivity contribution in [2.45, 2.75) is 25.8 Å². The fraction of sp³-hybridized carbons (Fsp3) is 0.857. The Morgan fingerprint density at radius 3 is 2.24 bits per heavy atom. The molecule has 0 aromatic rings. The van der Waals surface area contributed by atoms with Crippen LogP contribution < -0.4 is 5.32 Å². The molecule has 2 N–H and O–H groups in total. The number of hydrogen-bond acceptors (Lipinski definition) is 4. The molecule has 21 heavy (non-hydrogen) atoms. The average Bonchev–Trinajstić information content (AvgIpc) is 2.91. The molecule has 2 amide bonds. The number of piperazine rings is 1. The summed E-state index contributed by atoms with van der Waals surface area (Å²) in [6.45, 7) is 7.70. The molecule has 2 rings (SSSR count). The molecule has 120 valence electrons. The first-order valence-electron chi connectivity index (χ1n) is 7.76. The maximum atomic E-state index is 12.2. The molecule has 2 heterocycles. The first-order chi connectivity index (χ1) is 10.0. The summed E-state index contributed by atoms with van der Waals surface area (Å²) < 4.78 is 0. The van der Waals surface area contributed by atoms with E-state index in [0.717, 1.165) is 19.6 Å². The van der Waals surface area contributed by atoms with Crippen LogP contribution in [0.2, 0.25) is 0 Å². The SMILES string of the molecule is CC(CN1CCCC1)NC(=O)N1CCN(CC(=O)O)CC1. The Morgan fingerprint density at radius 2 is 1.67 bits per heavy atom. The van der Waals surface area contributed by atoms with Crippen LogP contribution in [0.3, 0.4) is 0 Å². The zero-order chi connectivity index (χ0) is 15.2. The molecule has 1 unspecified atom stereocenters. The van der Waals surface area contributed by atoms with Crippen molar-refractivity contribution >= 4 is 12.0 Å². The van der Waals surface area contributed by atoms with Gasteiger partial charge in [-0.05, 0) is 32.9 Å². The number of nitrogens with zero attached hydrogens (tertiary/aromatic N) is 3. The second-order valence-corrected chi connectivity index (χ2v) is 6.02. The second kappa shape index (κ2) is 7.61. The van der Waals surface area contributed by atoms with E-state index in [4.69, 9.17) is 5.11 Å². The molecule has 0 bridgehead atoms. The summed E-state index contributed by atoms with van der Waals surface area (Å²) in [5, 5.41) is 11.8. The molecule has 7 nitrogen and oxygen atoms in total. The molecule has 1 atom stereocenters. The smallest absolute Gasteiger partial charge is 0.317 e. The van der Waals surface area contributed by atoms with Gasteiger partial charge in [-0.15, -0.1) is 0 Å². The lowest BCUT2D eigenvalue weighted by molar-refractivity contribution is -0.138. The first kappa shape index (κ1) is 16.0. The number of rotatable bonds is 5. The van der Waals surface area contributed by atoms with Gasteiger partial charge < -0.3 is 20.2 Å². The molecule has 0 radical (unpaired) electrons. The van der Waals surface area contributed by atoms with Crippen LogP contribution in [0.25, 0.3) is 0 Å². The van der Waals surface area contributed by atoms with Gasteiger partial charge in [0.15, 0.2) is 0 Å². The van der Waals surface area contributed by atoms with Gasteiger partial charge in [-0.1, -0.05) is 0 Å². The van der Waals surface area contributed by atoms with Crippen LogP contribution in [0.15, 0.2) is 0 Å². The molecule has 2 aliphatic rings. The number of amides is 2. The van der Waals surface area contributed by atoms with Gasteiger partial charge in [0.25, 0.3) is 0 Å². The van der Waals surface area contributed by atoms with Crippen LogP contribution in [0.1, 0.15) is 19.8 Å². The van der Waals surface area contributed by atoms with Crippen LogP contribution >= 0.6 is 0 Å². The fourth-order valence-electron chi connectivity index (χ4n) is 3.00. The van der Waals surface area contributed by atoms with Gasteiger partial charge in [-0.2, -0.15) is 0 Å². The molecule has 0 aromatic carbocycles. The van der Waals surface area contributed by atoms with E-state index in [2.05, 4.69) is 10.2 Å². The standard InChI is InChI=1S/C14H26N4O3/c1-12(10-16-4-2-3-5-16)15-14(21)18-8-6-17(7-9-18)11-13(19)20/h12H,2-11H2,1H3,(H,15,21)(H,19,20). The van der Waals surface area contributed by atoms with E-state index < -0.39 is 5.97 Å². The summed E-state index contributed by atoms with van der Waals surface area (Å²) in [6.07, 6.45) is 2.51. The number of carboxylic acid groups (broad SMARTS) is 1. The molecule has 0 saturated carbocycles. The van der Waals surface area contributed by atoms with Gasteiger partial charge in [0, 0.05) is 38.8 Å². The molecular weight excluding hydrogens is 272 g/mol. The minimum Gasteiger partial charge on any atom is -0.480 e. The fourth-order valence-corrected chi connectivity index (χ4v) is 3.00. The van der Waals surface area contributed by atoms with Crippen molar-refractivity contribution in [2.75, 3.05) is 52.4 Å². The number of carboxylic acids is 1. The van der Waals surface area contributed by atoms with Crippen molar-refractivity contribution < 1.29 is 14.7 Å². The average molecular weight is 298 g/mol. The third kappa shape index (κ3) is 5.17. The highest BCUT2D eigenvalue weighted by molar-refractivity contribution is 5.74. The predicted molar refractivity (Wildman–Crippen MR) is 79.3 cm³/mol. The highest BCUT2D eigenvalue weighted by atomic mass is 16.4. The zero-order valence-corrected chi connectivity index (χ0v) is 12.8. The number of carbonyl (C=O) groups is 2. The number of aliphatic carboxylic acids is 1. The van der Waals surface area contributed by atoms with Gasteiger partial charge in [-0.25, -0.2) is 4.79 Å². The number of hydrogen-bond donors (Lipinski definition) is 2. The van der Waals surface area contributed by atoms with E-state index in [1.165, 1.54) is 12.8 Å². The van der Waals surface area contributed by atoms with E-state index in [-0.39, 0.29) is 18.6 Å². The molecule has 0 aliphatic carbocycles. The lowest BCUT2D eigenvalue weighted by Crippen LogP contribution is -2.54. The second-order valence-electron chi connectivity index (χ2n) is 6.02. The van der Waals surface area contributed by atoms with Crippen molar-refractivity contribution in [2.24, 2.45) is 0 Å². The van der Waals surface area contributed by atoms with E-state index in [1.807, 2.05) is 11.8 Å². The Morgan fingerprint density at radius 1 is 1.05 bits per heavy atom. The van der Waals surface area contributed by atoms with Crippen molar-refractivity contribution in [3.8, 4) is 0 Å². The van der Waals surface area contributed by atoms with Gasteiger partial charge in [0.05, 0.1) is 6.54 Å². The van der Waals surface area contributed by atoms with Crippen LogP contribution in [0.5, 0.6) is 0 Å². The number of nitrogens with one attached hydrogen (secondary N) is 1. The summed E-state index contributed by atoms with van der Waals surface area (Å²) in [6, 6.07) is 0.115. The first-order valence-corrected chi connectivity index (χ1v) is 7.76. The maximum Gasteiger partial charge on any atom is 0.317 e.